The molecule has 3 nitrogen and oxygen atoms in total. The van der Waals surface area contributed by atoms with Crippen LogP contribution in [0, 0.1) is 5.92 Å². The standard InChI is InChI=1S/C10H21NO2/c1-2-8-4-3-5-10(8)11-6-9(13)7-12/h8-13H,2-7H2,1H3. The summed E-state index contributed by atoms with van der Waals surface area (Å²) >= 11 is 0. The average molecular weight is 187 g/mol. The van der Waals surface area contributed by atoms with E-state index in [2.05, 4.69) is 12.2 Å². The molecule has 0 heterocycles. The molecule has 13 heavy (non-hydrogen) atoms. The van der Waals surface area contributed by atoms with Crippen molar-refractivity contribution in [3.63, 3.8) is 0 Å². The SMILES string of the molecule is CCC1CCCC1NCC(O)CO. The maximum absolute atomic E-state index is 9.16. The van der Waals surface area contributed by atoms with Crippen LogP contribution in [-0.4, -0.2) is 35.5 Å². The Morgan fingerprint density at radius 1 is 1.46 bits per heavy atom. The van der Waals surface area contributed by atoms with Crippen molar-refractivity contribution in [2.75, 3.05) is 13.2 Å². The van der Waals surface area contributed by atoms with Gasteiger partial charge in [0, 0.05) is 12.6 Å². The second-order valence-electron chi connectivity index (χ2n) is 3.95. The number of aliphatic hydroxyl groups is 2. The number of hydrogen-bond acceptors (Lipinski definition) is 3. The van der Waals surface area contributed by atoms with E-state index >= 15 is 0 Å². The Hall–Kier alpha value is -0.120. The summed E-state index contributed by atoms with van der Waals surface area (Å²) in [5, 5.41) is 21.1. The molecule has 0 aromatic carbocycles. The molecule has 1 aliphatic carbocycles. The Balaban J connectivity index is 2.19. The number of hydrogen-bond donors (Lipinski definition) is 3. The van der Waals surface area contributed by atoms with E-state index in [0.717, 1.165) is 5.92 Å². The molecule has 0 amide bonds. The minimum atomic E-state index is -0.599. The molecule has 0 bridgehead atoms. The second-order valence-corrected chi connectivity index (χ2v) is 3.95. The van der Waals surface area contributed by atoms with Crippen LogP contribution in [0.25, 0.3) is 0 Å². The van der Waals surface area contributed by atoms with Crippen LogP contribution in [0.15, 0.2) is 0 Å². The smallest absolute Gasteiger partial charge is 0.0895 e. The third-order valence-corrected chi connectivity index (χ3v) is 3.01. The van der Waals surface area contributed by atoms with Gasteiger partial charge in [-0.15, -0.1) is 0 Å². The van der Waals surface area contributed by atoms with Gasteiger partial charge in [0.25, 0.3) is 0 Å². The number of rotatable bonds is 5. The van der Waals surface area contributed by atoms with E-state index in [4.69, 9.17) is 10.2 Å². The van der Waals surface area contributed by atoms with Crippen LogP contribution in [0.1, 0.15) is 32.6 Å². The molecule has 3 atom stereocenters. The maximum atomic E-state index is 9.16. The molecule has 1 rings (SSSR count). The van der Waals surface area contributed by atoms with Gasteiger partial charge in [-0.25, -0.2) is 0 Å². The van der Waals surface area contributed by atoms with Crippen LogP contribution < -0.4 is 5.32 Å². The topological polar surface area (TPSA) is 52.5 Å². The fourth-order valence-electron chi connectivity index (χ4n) is 2.15. The molecule has 0 radical (unpaired) electrons. The monoisotopic (exact) mass is 187 g/mol. The highest BCUT2D eigenvalue weighted by Gasteiger charge is 2.25. The molecule has 78 valence electrons. The Labute approximate surface area is 80.2 Å². The van der Waals surface area contributed by atoms with Gasteiger partial charge in [-0.1, -0.05) is 19.8 Å². The molecular formula is C10H21NO2. The highest BCUT2D eigenvalue weighted by molar-refractivity contribution is 4.82. The van der Waals surface area contributed by atoms with E-state index < -0.39 is 6.10 Å². The van der Waals surface area contributed by atoms with Crippen molar-refractivity contribution >= 4 is 0 Å². The number of nitrogens with one attached hydrogen (secondary N) is 1. The van der Waals surface area contributed by atoms with E-state index in [0.29, 0.717) is 12.6 Å². The molecule has 1 aliphatic rings. The van der Waals surface area contributed by atoms with Gasteiger partial charge in [0.15, 0.2) is 0 Å². The minimum absolute atomic E-state index is 0.142. The quantitative estimate of drug-likeness (QED) is 0.588. The summed E-state index contributed by atoms with van der Waals surface area (Å²) in [7, 11) is 0. The summed E-state index contributed by atoms with van der Waals surface area (Å²) in [5.74, 6) is 0.769. The van der Waals surface area contributed by atoms with Crippen LogP contribution >= 0.6 is 0 Å². The minimum Gasteiger partial charge on any atom is -0.394 e. The Morgan fingerprint density at radius 2 is 2.23 bits per heavy atom. The normalized spacial score (nSPS) is 30.7. The predicted molar refractivity (Wildman–Crippen MR) is 52.5 cm³/mol. The van der Waals surface area contributed by atoms with Gasteiger partial charge in [0.1, 0.15) is 0 Å². The first-order valence-electron chi connectivity index (χ1n) is 5.30. The first kappa shape index (κ1) is 11.0. The third-order valence-electron chi connectivity index (χ3n) is 3.01. The van der Waals surface area contributed by atoms with Gasteiger partial charge in [-0.05, 0) is 18.8 Å². The summed E-state index contributed by atoms with van der Waals surface area (Å²) in [5.41, 5.74) is 0. The number of aliphatic hydroxyl groups excluding tert-OH is 2. The summed E-state index contributed by atoms with van der Waals surface area (Å²) in [6.45, 7) is 2.60. The summed E-state index contributed by atoms with van der Waals surface area (Å²) in [4.78, 5) is 0. The van der Waals surface area contributed by atoms with Crippen molar-refractivity contribution in [1.29, 1.82) is 0 Å². The van der Waals surface area contributed by atoms with Crippen molar-refractivity contribution in [1.82, 2.24) is 5.32 Å². The zero-order valence-corrected chi connectivity index (χ0v) is 8.37. The zero-order valence-electron chi connectivity index (χ0n) is 8.37. The lowest BCUT2D eigenvalue weighted by Crippen LogP contribution is -2.38. The largest absolute Gasteiger partial charge is 0.394 e. The summed E-state index contributed by atoms with van der Waals surface area (Å²) in [6, 6.07) is 0.561. The Kier molecular flexibility index (Phi) is 4.70. The molecule has 3 heteroatoms. The lowest BCUT2D eigenvalue weighted by molar-refractivity contribution is 0.0903. The molecule has 0 saturated heterocycles. The van der Waals surface area contributed by atoms with Gasteiger partial charge < -0.3 is 15.5 Å². The Morgan fingerprint density at radius 3 is 2.85 bits per heavy atom. The average Bonchev–Trinajstić information content (AvgIpc) is 2.61. The maximum Gasteiger partial charge on any atom is 0.0895 e. The molecule has 0 spiro atoms. The molecule has 0 aromatic heterocycles. The fourth-order valence-corrected chi connectivity index (χ4v) is 2.15. The van der Waals surface area contributed by atoms with Crippen molar-refractivity contribution in [2.45, 2.75) is 44.8 Å². The van der Waals surface area contributed by atoms with E-state index in [9.17, 15) is 0 Å². The molecule has 3 unspecified atom stereocenters. The van der Waals surface area contributed by atoms with Crippen molar-refractivity contribution < 1.29 is 10.2 Å². The van der Waals surface area contributed by atoms with E-state index in [1.807, 2.05) is 0 Å². The molecule has 3 N–H and O–H groups in total. The molecule has 1 fully saturated rings. The first-order valence-corrected chi connectivity index (χ1v) is 5.30. The van der Waals surface area contributed by atoms with Gasteiger partial charge in [-0.2, -0.15) is 0 Å². The van der Waals surface area contributed by atoms with E-state index in [1.165, 1.54) is 25.7 Å². The van der Waals surface area contributed by atoms with Crippen LogP contribution in [0.4, 0.5) is 0 Å². The fraction of sp³-hybridized carbons (Fsp3) is 1.00. The molecule has 0 aromatic rings. The van der Waals surface area contributed by atoms with Crippen molar-refractivity contribution in [2.24, 2.45) is 5.92 Å². The Bertz CT molecular complexity index is 141. The van der Waals surface area contributed by atoms with Crippen LogP contribution in [0.3, 0.4) is 0 Å². The highest BCUT2D eigenvalue weighted by atomic mass is 16.3. The van der Waals surface area contributed by atoms with Gasteiger partial charge >= 0.3 is 0 Å². The lowest BCUT2D eigenvalue weighted by Gasteiger charge is -2.20. The highest BCUT2D eigenvalue weighted by Crippen LogP contribution is 2.27. The van der Waals surface area contributed by atoms with E-state index in [-0.39, 0.29) is 6.61 Å². The molecule has 0 aliphatic heterocycles. The molecular weight excluding hydrogens is 166 g/mol. The predicted octanol–water partition coefficient (Wildman–Crippen LogP) is 0.508. The second kappa shape index (κ2) is 5.58. The zero-order chi connectivity index (χ0) is 9.68. The molecule has 1 saturated carbocycles. The van der Waals surface area contributed by atoms with Crippen LogP contribution in [0.2, 0.25) is 0 Å². The van der Waals surface area contributed by atoms with Gasteiger partial charge in [-0.3, -0.25) is 0 Å². The summed E-state index contributed by atoms with van der Waals surface area (Å²) in [6.07, 6.45) is 4.44. The lowest BCUT2D eigenvalue weighted by atomic mass is 10.0. The van der Waals surface area contributed by atoms with Crippen LogP contribution in [-0.2, 0) is 0 Å². The third kappa shape index (κ3) is 3.25. The van der Waals surface area contributed by atoms with Crippen molar-refractivity contribution in [3.8, 4) is 0 Å². The van der Waals surface area contributed by atoms with Gasteiger partial charge in [0.05, 0.1) is 12.7 Å². The van der Waals surface area contributed by atoms with Crippen molar-refractivity contribution in [3.05, 3.63) is 0 Å². The van der Waals surface area contributed by atoms with Gasteiger partial charge in [0.2, 0.25) is 0 Å². The van der Waals surface area contributed by atoms with E-state index in [1.54, 1.807) is 0 Å². The first-order chi connectivity index (χ1) is 6.27. The van der Waals surface area contributed by atoms with Crippen LogP contribution in [0.5, 0.6) is 0 Å². The summed E-state index contributed by atoms with van der Waals surface area (Å²) < 4.78 is 0.